The predicted octanol–water partition coefficient (Wildman–Crippen LogP) is -1.34. The molecule has 0 saturated carbocycles. The molecule has 0 amide bonds. The number of rotatable bonds is 1. The summed E-state index contributed by atoms with van der Waals surface area (Å²) in [4.78, 5) is 13.1. The minimum atomic E-state index is -0.230. The van der Waals surface area contributed by atoms with Crippen LogP contribution in [0.25, 0.3) is 0 Å². The second-order valence-corrected chi connectivity index (χ2v) is 3.24. The number of carbonyl (C=O) groups excluding carboxylic acids is 1. The Hall–Kier alpha value is -0.880. The summed E-state index contributed by atoms with van der Waals surface area (Å²) in [5, 5.41) is 0.507. The number of nitrogens with zero attached hydrogens (tertiary/aromatic N) is 1. The van der Waals surface area contributed by atoms with Crippen molar-refractivity contribution in [1.82, 2.24) is 10.3 Å². The number of nitrogens with one attached hydrogen (secondary N) is 1. The molecule has 0 aliphatic carbocycles. The lowest BCUT2D eigenvalue weighted by molar-refractivity contribution is -0.420. The van der Waals surface area contributed by atoms with Crippen LogP contribution in [0.1, 0.15) is 12.8 Å². The van der Waals surface area contributed by atoms with Crippen molar-refractivity contribution in [1.29, 1.82) is 0 Å². The summed E-state index contributed by atoms with van der Waals surface area (Å²) < 4.78 is 4.67. The zero-order valence-corrected chi connectivity index (χ0v) is 8.39. The third-order valence-electron chi connectivity index (χ3n) is 2.14. The van der Waals surface area contributed by atoms with Crippen LogP contribution in [0, 0.1) is 0 Å². The maximum atomic E-state index is 11.3. The quantitative estimate of drug-likeness (QED) is 0.314. The highest BCUT2D eigenvalue weighted by Gasteiger charge is 2.33. The molecule has 1 saturated heterocycles. The lowest BCUT2D eigenvalue weighted by Crippen LogP contribution is -2.70. The van der Waals surface area contributed by atoms with Crippen molar-refractivity contribution in [2.75, 3.05) is 13.7 Å². The molecule has 1 aliphatic rings. The summed E-state index contributed by atoms with van der Waals surface area (Å²) in [6.07, 6.45) is 1.76. The largest absolute Gasteiger partial charge is 0.467 e. The first-order chi connectivity index (χ1) is 6.20. The molecule has 4 N–H and O–H groups in total. The number of thiocarbonyl (C=S) groups is 1. The number of esters is 1. The molecular formula is C7H14N3O2S+. The Morgan fingerprint density at radius 1 is 1.77 bits per heavy atom. The van der Waals surface area contributed by atoms with Gasteiger partial charge in [0.25, 0.3) is 0 Å². The van der Waals surface area contributed by atoms with E-state index in [0.717, 1.165) is 19.4 Å². The first kappa shape index (κ1) is 10.2. The van der Waals surface area contributed by atoms with E-state index in [1.807, 2.05) is 4.90 Å². The monoisotopic (exact) mass is 204 g/mol. The summed E-state index contributed by atoms with van der Waals surface area (Å²) in [7, 11) is 1.39. The van der Waals surface area contributed by atoms with Gasteiger partial charge in [0.1, 0.15) is 6.04 Å². The molecule has 74 valence electrons. The fourth-order valence-corrected chi connectivity index (χ4v) is 1.71. The maximum absolute atomic E-state index is 11.3. The van der Waals surface area contributed by atoms with Crippen LogP contribution in [0.15, 0.2) is 0 Å². The highest BCUT2D eigenvalue weighted by atomic mass is 32.1. The van der Waals surface area contributed by atoms with Crippen LogP contribution in [0.2, 0.25) is 0 Å². The van der Waals surface area contributed by atoms with E-state index >= 15 is 0 Å². The Morgan fingerprint density at radius 3 is 3.00 bits per heavy atom. The average Bonchev–Trinajstić information content (AvgIpc) is 2.63. The Kier molecular flexibility index (Phi) is 3.44. The third kappa shape index (κ3) is 2.07. The summed E-state index contributed by atoms with van der Waals surface area (Å²) in [5.74, 6) is 3.24. The molecule has 6 heteroatoms. The number of hydrogen-bond donors (Lipinski definition) is 2. The third-order valence-corrected chi connectivity index (χ3v) is 2.52. The Balaban J connectivity index is 2.63. The first-order valence-corrected chi connectivity index (χ1v) is 4.53. The van der Waals surface area contributed by atoms with Crippen molar-refractivity contribution >= 4 is 23.3 Å². The van der Waals surface area contributed by atoms with Gasteiger partial charge in [-0.15, -0.1) is 0 Å². The zero-order chi connectivity index (χ0) is 9.84. The highest BCUT2D eigenvalue weighted by Crippen LogP contribution is 2.17. The average molecular weight is 204 g/mol. The molecular weight excluding hydrogens is 190 g/mol. The van der Waals surface area contributed by atoms with E-state index in [9.17, 15) is 4.79 Å². The van der Waals surface area contributed by atoms with E-state index in [1.54, 1.807) is 0 Å². The van der Waals surface area contributed by atoms with Crippen LogP contribution in [0.5, 0.6) is 0 Å². The van der Waals surface area contributed by atoms with Gasteiger partial charge in [0, 0.05) is 6.54 Å². The molecule has 0 bridgehead atoms. The first-order valence-electron chi connectivity index (χ1n) is 4.12. The molecule has 1 unspecified atom stereocenters. The van der Waals surface area contributed by atoms with E-state index < -0.39 is 0 Å². The van der Waals surface area contributed by atoms with Gasteiger partial charge < -0.3 is 9.64 Å². The predicted molar refractivity (Wildman–Crippen MR) is 50.4 cm³/mol. The molecule has 13 heavy (non-hydrogen) atoms. The zero-order valence-electron chi connectivity index (χ0n) is 7.58. The molecule has 0 spiro atoms. The van der Waals surface area contributed by atoms with E-state index in [2.05, 4.69) is 16.0 Å². The van der Waals surface area contributed by atoms with Crippen molar-refractivity contribution < 1.29 is 15.4 Å². The van der Waals surface area contributed by atoms with Crippen LogP contribution in [0.3, 0.4) is 0 Å². The standard InChI is InChI=1S/C7H13N3O2S/c1-12-6(11)5-3-2-4-10(5)7(13)9-8/h5H,2-4,8H2,1H3,(H,9,13)/p+1. The van der Waals surface area contributed by atoms with Crippen LogP contribution in [-0.4, -0.2) is 35.7 Å². The molecule has 1 heterocycles. The molecule has 1 atom stereocenters. The lowest BCUT2D eigenvalue weighted by Gasteiger charge is -2.22. The van der Waals surface area contributed by atoms with Gasteiger partial charge in [-0.2, -0.15) is 0 Å². The highest BCUT2D eigenvalue weighted by molar-refractivity contribution is 7.80. The Labute approximate surface area is 82.2 Å². The van der Waals surface area contributed by atoms with Crippen LogP contribution >= 0.6 is 12.2 Å². The van der Waals surface area contributed by atoms with E-state index in [4.69, 9.17) is 12.2 Å². The topological polar surface area (TPSA) is 69.2 Å². The van der Waals surface area contributed by atoms with Crippen molar-refractivity contribution in [3.05, 3.63) is 0 Å². The smallest absolute Gasteiger partial charge is 0.328 e. The summed E-state index contributed by atoms with van der Waals surface area (Å²) in [6, 6.07) is -0.230. The van der Waals surface area contributed by atoms with Gasteiger partial charge >= 0.3 is 5.97 Å². The maximum Gasteiger partial charge on any atom is 0.328 e. The summed E-state index contributed by atoms with van der Waals surface area (Å²) in [6.45, 7) is 0.793. The second-order valence-electron chi connectivity index (χ2n) is 2.86. The normalized spacial score (nSPS) is 21.4. The van der Waals surface area contributed by atoms with E-state index in [-0.39, 0.29) is 12.0 Å². The summed E-state index contributed by atoms with van der Waals surface area (Å²) >= 11 is 5.00. The SMILES string of the molecule is COC(=O)C1CCCN1C(=S)N[NH3+]. The van der Waals surface area contributed by atoms with Crippen molar-refractivity contribution in [3.63, 3.8) is 0 Å². The van der Waals surface area contributed by atoms with Gasteiger partial charge in [0.15, 0.2) is 0 Å². The van der Waals surface area contributed by atoms with Gasteiger partial charge in [-0.3, -0.25) is 5.84 Å². The number of methoxy groups -OCH3 is 1. The van der Waals surface area contributed by atoms with Crippen molar-refractivity contribution in [2.45, 2.75) is 18.9 Å². The van der Waals surface area contributed by atoms with Crippen LogP contribution in [-0.2, 0) is 9.53 Å². The Bertz CT molecular complexity index is 200. The summed E-state index contributed by atoms with van der Waals surface area (Å²) in [5.41, 5.74) is 2.62. The molecule has 0 aromatic rings. The van der Waals surface area contributed by atoms with Crippen molar-refractivity contribution in [3.8, 4) is 0 Å². The number of hydrogen-bond acceptors (Lipinski definition) is 3. The number of quaternary nitrogens is 1. The minimum Gasteiger partial charge on any atom is -0.467 e. The van der Waals surface area contributed by atoms with E-state index in [1.165, 1.54) is 7.11 Å². The second kappa shape index (κ2) is 4.38. The fourth-order valence-electron chi connectivity index (χ4n) is 1.49. The van der Waals surface area contributed by atoms with Crippen LogP contribution in [0.4, 0.5) is 0 Å². The van der Waals surface area contributed by atoms with Gasteiger partial charge in [-0.25, -0.2) is 10.2 Å². The molecule has 0 aromatic heterocycles. The molecule has 1 rings (SSSR count). The van der Waals surface area contributed by atoms with Gasteiger partial charge in [-0.05, 0) is 25.1 Å². The molecule has 5 nitrogen and oxygen atoms in total. The number of likely N-dealkylation sites (tertiary alicyclic amines) is 1. The number of carbonyl (C=O) groups is 1. The van der Waals surface area contributed by atoms with Gasteiger partial charge in [-0.1, -0.05) is 0 Å². The fraction of sp³-hybridized carbons (Fsp3) is 0.714. The molecule has 0 radical (unpaired) electrons. The molecule has 1 aliphatic heterocycles. The Morgan fingerprint density at radius 2 is 2.46 bits per heavy atom. The van der Waals surface area contributed by atoms with Crippen LogP contribution < -0.4 is 11.3 Å². The lowest BCUT2D eigenvalue weighted by atomic mass is 10.2. The van der Waals surface area contributed by atoms with Gasteiger partial charge in [0.2, 0.25) is 5.11 Å². The minimum absolute atomic E-state index is 0.227. The molecule has 0 aromatic carbocycles. The van der Waals surface area contributed by atoms with Gasteiger partial charge in [0.05, 0.1) is 7.11 Å². The number of ether oxygens (including phenoxy) is 1. The molecule has 1 fully saturated rings. The van der Waals surface area contributed by atoms with E-state index in [0.29, 0.717) is 5.11 Å². The van der Waals surface area contributed by atoms with Crippen molar-refractivity contribution in [2.24, 2.45) is 0 Å².